The van der Waals surface area contributed by atoms with Gasteiger partial charge in [-0.25, -0.2) is 21.5 Å². The molecule has 9 heteroatoms. The van der Waals surface area contributed by atoms with Crippen LogP contribution >= 0.6 is 11.8 Å². The molecule has 3 aromatic rings. The van der Waals surface area contributed by atoms with Gasteiger partial charge in [0.15, 0.2) is 0 Å². The van der Waals surface area contributed by atoms with Crippen LogP contribution in [0, 0.1) is 11.6 Å². The van der Waals surface area contributed by atoms with Crippen LogP contribution in [0.5, 0.6) is 0 Å². The average molecular weight is 477 g/mol. The molecule has 0 unspecified atom stereocenters. The lowest BCUT2D eigenvalue weighted by Gasteiger charge is -2.18. The number of carbonyl (C=O) groups is 1. The van der Waals surface area contributed by atoms with E-state index in [4.69, 9.17) is 0 Å². The maximum Gasteiger partial charge on any atom is 0.242 e. The Labute approximate surface area is 190 Å². The highest BCUT2D eigenvalue weighted by Gasteiger charge is 2.19. The number of amides is 1. The number of nitrogens with one attached hydrogen (secondary N) is 1. The highest BCUT2D eigenvalue weighted by molar-refractivity contribution is 8.00. The molecule has 0 atom stereocenters. The Morgan fingerprint density at radius 3 is 1.97 bits per heavy atom. The van der Waals surface area contributed by atoms with Crippen LogP contribution in [0.3, 0.4) is 0 Å². The van der Waals surface area contributed by atoms with Crippen LogP contribution in [0.4, 0.5) is 14.5 Å². The van der Waals surface area contributed by atoms with Gasteiger partial charge in [0.1, 0.15) is 11.6 Å². The lowest BCUT2D eigenvalue weighted by Crippen LogP contribution is -2.22. The fourth-order valence-corrected chi connectivity index (χ4v) is 5.00. The zero-order valence-electron chi connectivity index (χ0n) is 17.5. The van der Waals surface area contributed by atoms with E-state index in [1.807, 2.05) is 0 Å². The average Bonchev–Trinajstić information content (AvgIpc) is 2.76. The van der Waals surface area contributed by atoms with Crippen LogP contribution in [-0.4, -0.2) is 38.5 Å². The third-order valence-electron chi connectivity index (χ3n) is 4.62. The quantitative estimate of drug-likeness (QED) is 0.513. The summed E-state index contributed by atoms with van der Waals surface area (Å²) in [5.41, 5.74) is 1.91. The highest BCUT2D eigenvalue weighted by atomic mass is 32.2. The van der Waals surface area contributed by atoms with Crippen LogP contribution in [-0.2, 0) is 14.8 Å². The zero-order valence-corrected chi connectivity index (χ0v) is 19.1. The van der Waals surface area contributed by atoms with Crippen molar-refractivity contribution in [2.75, 3.05) is 25.2 Å². The predicted molar refractivity (Wildman–Crippen MR) is 123 cm³/mol. The SMILES string of the molecule is CN(C)S(=O)(=O)c1cccc(NC(=O)CSC(c2ccc(F)cc2)c2ccc(F)cc2)c1. The summed E-state index contributed by atoms with van der Waals surface area (Å²) in [7, 11) is -0.759. The lowest BCUT2D eigenvalue weighted by molar-refractivity contribution is -0.113. The molecular weight excluding hydrogens is 454 g/mol. The summed E-state index contributed by atoms with van der Waals surface area (Å²) in [5, 5.41) is 2.39. The van der Waals surface area contributed by atoms with Crippen molar-refractivity contribution in [2.24, 2.45) is 0 Å². The summed E-state index contributed by atoms with van der Waals surface area (Å²) in [4.78, 5) is 12.6. The van der Waals surface area contributed by atoms with Gasteiger partial charge in [-0.2, -0.15) is 0 Å². The maximum absolute atomic E-state index is 13.4. The molecule has 0 aromatic heterocycles. The van der Waals surface area contributed by atoms with Gasteiger partial charge in [0.25, 0.3) is 0 Å². The third kappa shape index (κ3) is 5.93. The van der Waals surface area contributed by atoms with Crippen molar-refractivity contribution < 1.29 is 22.0 Å². The molecule has 0 radical (unpaired) electrons. The molecule has 3 aromatic carbocycles. The Bertz CT molecular complexity index is 1140. The first-order valence-electron chi connectivity index (χ1n) is 9.62. The van der Waals surface area contributed by atoms with Gasteiger partial charge in [0.2, 0.25) is 15.9 Å². The third-order valence-corrected chi connectivity index (χ3v) is 7.74. The molecule has 0 heterocycles. The normalized spacial score (nSPS) is 11.7. The first-order chi connectivity index (χ1) is 15.2. The number of rotatable bonds is 8. The minimum absolute atomic E-state index is 0.0457. The molecule has 0 bridgehead atoms. The molecular formula is C23H22F2N2O3S2. The maximum atomic E-state index is 13.4. The number of thioether (sulfide) groups is 1. The summed E-state index contributed by atoms with van der Waals surface area (Å²) in [6, 6.07) is 17.9. The standard InChI is InChI=1S/C23H22F2N2O3S2/c1-27(2)32(29,30)21-5-3-4-20(14-21)26-22(28)15-31-23(16-6-10-18(24)11-7-16)17-8-12-19(25)13-9-17/h3-14,23H,15H2,1-2H3,(H,26,28). The van der Waals surface area contributed by atoms with Gasteiger partial charge in [-0.3, -0.25) is 4.79 Å². The second-order valence-corrected chi connectivity index (χ2v) is 10.4. The van der Waals surface area contributed by atoms with Crippen LogP contribution in [0.1, 0.15) is 16.4 Å². The highest BCUT2D eigenvalue weighted by Crippen LogP contribution is 2.36. The van der Waals surface area contributed by atoms with Crippen molar-refractivity contribution in [3.05, 3.63) is 95.6 Å². The molecule has 32 heavy (non-hydrogen) atoms. The summed E-state index contributed by atoms with van der Waals surface area (Å²) >= 11 is 1.30. The van der Waals surface area contributed by atoms with Gasteiger partial charge in [0.05, 0.1) is 15.9 Å². The van der Waals surface area contributed by atoms with E-state index in [0.29, 0.717) is 5.69 Å². The number of halogens is 2. The molecule has 1 N–H and O–H groups in total. The van der Waals surface area contributed by atoms with Crippen LogP contribution < -0.4 is 5.32 Å². The van der Waals surface area contributed by atoms with E-state index < -0.39 is 10.0 Å². The van der Waals surface area contributed by atoms with E-state index in [9.17, 15) is 22.0 Å². The molecule has 0 fully saturated rings. The van der Waals surface area contributed by atoms with E-state index in [-0.39, 0.29) is 33.4 Å². The predicted octanol–water partition coefficient (Wildman–Crippen LogP) is 4.68. The van der Waals surface area contributed by atoms with Crippen molar-refractivity contribution in [1.82, 2.24) is 4.31 Å². The van der Waals surface area contributed by atoms with E-state index in [0.717, 1.165) is 15.4 Å². The second-order valence-electron chi connectivity index (χ2n) is 7.16. The zero-order chi connectivity index (χ0) is 23.3. The minimum atomic E-state index is -3.62. The molecule has 0 saturated heterocycles. The van der Waals surface area contributed by atoms with E-state index in [1.165, 1.54) is 62.3 Å². The van der Waals surface area contributed by atoms with Crippen molar-refractivity contribution in [3.8, 4) is 0 Å². The van der Waals surface area contributed by atoms with E-state index in [2.05, 4.69) is 5.32 Å². The first-order valence-corrected chi connectivity index (χ1v) is 12.1. The summed E-state index contributed by atoms with van der Waals surface area (Å²) in [6.07, 6.45) is 0. The van der Waals surface area contributed by atoms with Crippen molar-refractivity contribution in [3.63, 3.8) is 0 Å². The number of carbonyl (C=O) groups excluding carboxylic acids is 1. The Hall–Kier alpha value is -2.75. The summed E-state index contributed by atoms with van der Waals surface area (Å²) in [6.45, 7) is 0. The molecule has 1 amide bonds. The number of benzene rings is 3. The Morgan fingerprint density at radius 1 is 0.938 bits per heavy atom. The Morgan fingerprint density at radius 2 is 1.47 bits per heavy atom. The fraction of sp³-hybridized carbons (Fsp3) is 0.174. The molecule has 0 spiro atoms. The number of hydrogen-bond acceptors (Lipinski definition) is 4. The smallest absolute Gasteiger partial charge is 0.242 e. The molecule has 5 nitrogen and oxygen atoms in total. The van der Waals surface area contributed by atoms with Gasteiger partial charge in [-0.05, 0) is 53.6 Å². The number of hydrogen-bond donors (Lipinski definition) is 1. The molecule has 168 valence electrons. The van der Waals surface area contributed by atoms with E-state index >= 15 is 0 Å². The van der Waals surface area contributed by atoms with E-state index in [1.54, 1.807) is 36.4 Å². The van der Waals surface area contributed by atoms with Gasteiger partial charge in [0, 0.05) is 19.8 Å². The van der Waals surface area contributed by atoms with Gasteiger partial charge in [-0.1, -0.05) is 30.3 Å². The first kappa shape index (κ1) is 23.9. The molecule has 0 aliphatic carbocycles. The molecule has 3 rings (SSSR count). The minimum Gasteiger partial charge on any atom is -0.325 e. The van der Waals surface area contributed by atoms with Gasteiger partial charge in [-0.15, -0.1) is 11.8 Å². The van der Waals surface area contributed by atoms with Gasteiger partial charge >= 0.3 is 0 Å². The largest absolute Gasteiger partial charge is 0.325 e. The molecule has 0 aliphatic heterocycles. The summed E-state index contributed by atoms with van der Waals surface area (Å²) in [5.74, 6) is -1.03. The Kier molecular flexibility index (Phi) is 7.65. The van der Waals surface area contributed by atoms with Crippen LogP contribution in [0.25, 0.3) is 0 Å². The molecule has 0 saturated carbocycles. The molecule has 0 aliphatic rings. The Balaban J connectivity index is 1.74. The van der Waals surface area contributed by atoms with Crippen molar-refractivity contribution in [2.45, 2.75) is 10.1 Å². The number of sulfonamides is 1. The second kappa shape index (κ2) is 10.2. The fourth-order valence-electron chi connectivity index (χ4n) is 2.96. The van der Waals surface area contributed by atoms with Gasteiger partial charge < -0.3 is 5.32 Å². The monoisotopic (exact) mass is 476 g/mol. The lowest BCUT2D eigenvalue weighted by atomic mass is 10.0. The van der Waals surface area contributed by atoms with Crippen molar-refractivity contribution >= 4 is 33.4 Å². The number of nitrogens with zero attached hydrogens (tertiary/aromatic N) is 1. The summed E-state index contributed by atoms with van der Waals surface area (Å²) < 4.78 is 52.4. The number of anilines is 1. The van der Waals surface area contributed by atoms with Crippen LogP contribution in [0.15, 0.2) is 77.7 Å². The topological polar surface area (TPSA) is 66.5 Å². The van der Waals surface area contributed by atoms with Crippen molar-refractivity contribution in [1.29, 1.82) is 0 Å². The van der Waals surface area contributed by atoms with Crippen LogP contribution in [0.2, 0.25) is 0 Å².